The Morgan fingerprint density at radius 3 is 2.35 bits per heavy atom. The molecule has 4 heterocycles. The van der Waals surface area contributed by atoms with E-state index in [1.165, 1.54) is 10.6 Å². The van der Waals surface area contributed by atoms with Gasteiger partial charge in [0, 0.05) is 76.5 Å². The lowest BCUT2D eigenvalue weighted by Crippen LogP contribution is -2.47. The number of carbonyl (C=O) groups excluding carboxylic acids is 1. The van der Waals surface area contributed by atoms with Crippen LogP contribution in [0, 0.1) is 0 Å². The molecule has 5 rings (SSSR count). The van der Waals surface area contributed by atoms with Gasteiger partial charge in [0.05, 0.1) is 30.9 Å². The smallest absolute Gasteiger partial charge is 0.318 e. The number of anilines is 2. The Kier molecular flexibility index (Phi) is 7.29. The van der Waals surface area contributed by atoms with Gasteiger partial charge in [0.25, 0.3) is 0 Å². The minimum atomic E-state index is -3.16. The molecule has 0 aliphatic carbocycles. The molecule has 1 aromatic carbocycles. The number of carbonyl (C=O) groups is 1. The van der Waals surface area contributed by atoms with Crippen LogP contribution in [0.4, 0.5) is 16.3 Å². The lowest BCUT2D eigenvalue weighted by atomic mass is 10.1. The number of amides is 2. The zero-order valence-electron chi connectivity index (χ0n) is 21.1. The van der Waals surface area contributed by atoms with Gasteiger partial charge in [0.2, 0.25) is 10.0 Å². The molecule has 2 amide bonds. The molecule has 2 aliphatic heterocycles. The van der Waals surface area contributed by atoms with E-state index in [9.17, 15) is 13.2 Å². The molecule has 2 aliphatic rings. The number of nitrogens with one attached hydrogen (secondary N) is 2. The summed E-state index contributed by atoms with van der Waals surface area (Å²) in [7, 11) is -1.59. The van der Waals surface area contributed by atoms with Gasteiger partial charge in [-0.2, -0.15) is 4.31 Å². The van der Waals surface area contributed by atoms with Gasteiger partial charge in [0.1, 0.15) is 0 Å². The normalized spacial score (nSPS) is 17.7. The molecule has 0 bridgehead atoms. The van der Waals surface area contributed by atoms with Crippen LogP contribution >= 0.6 is 0 Å². The van der Waals surface area contributed by atoms with Crippen LogP contribution in [0.3, 0.4) is 0 Å². The zero-order valence-corrected chi connectivity index (χ0v) is 21.9. The van der Waals surface area contributed by atoms with E-state index in [4.69, 9.17) is 14.7 Å². The highest BCUT2D eigenvalue weighted by Crippen LogP contribution is 2.27. The summed E-state index contributed by atoms with van der Waals surface area (Å²) in [5, 5.41) is 5.31. The molecule has 0 atom stereocenters. The van der Waals surface area contributed by atoms with Crippen LogP contribution in [-0.2, 0) is 21.3 Å². The minimum absolute atomic E-state index is 0.273. The minimum Gasteiger partial charge on any atom is -0.378 e. The van der Waals surface area contributed by atoms with Gasteiger partial charge in [-0.05, 0) is 12.1 Å². The summed E-state index contributed by atoms with van der Waals surface area (Å²) in [5.41, 5.74) is 4.11. The second-order valence-corrected chi connectivity index (χ2v) is 11.2. The molecule has 2 saturated heterocycles. The second-order valence-electron chi connectivity index (χ2n) is 9.23. The molecule has 13 heteroatoms. The first-order valence-corrected chi connectivity index (χ1v) is 14.1. The fourth-order valence-corrected chi connectivity index (χ4v) is 5.43. The molecule has 2 N–H and O–H groups in total. The van der Waals surface area contributed by atoms with Crippen LogP contribution in [0.25, 0.3) is 16.9 Å². The standard InChI is InChI=1S/C24H32N8O4S/c1-25-24(33)27-19-5-3-18(4-6-19)21-17-31-16-20(15-29-7-9-32(10-8-29)37(2,34)35)26-22(31)23(28-21)30-11-13-36-14-12-30/h3-6,16-17H,7-15H2,1-2H3,(H2,25,27,33). The van der Waals surface area contributed by atoms with Crippen LogP contribution in [0.1, 0.15) is 5.69 Å². The number of hydrogen-bond acceptors (Lipinski definition) is 8. The van der Waals surface area contributed by atoms with E-state index >= 15 is 0 Å². The number of rotatable bonds is 6. The molecule has 0 spiro atoms. The maximum absolute atomic E-state index is 11.8. The molecule has 2 aromatic heterocycles. The first-order chi connectivity index (χ1) is 17.8. The Morgan fingerprint density at radius 2 is 1.70 bits per heavy atom. The van der Waals surface area contributed by atoms with Crippen molar-refractivity contribution in [2.24, 2.45) is 0 Å². The van der Waals surface area contributed by atoms with E-state index in [1.54, 1.807) is 7.05 Å². The number of fused-ring (bicyclic) bond motifs is 1. The van der Waals surface area contributed by atoms with E-state index < -0.39 is 10.0 Å². The van der Waals surface area contributed by atoms with Crippen molar-refractivity contribution in [2.45, 2.75) is 6.54 Å². The number of ether oxygens (including phenoxy) is 1. The van der Waals surface area contributed by atoms with Crippen LogP contribution in [0.15, 0.2) is 36.7 Å². The van der Waals surface area contributed by atoms with E-state index in [-0.39, 0.29) is 6.03 Å². The second kappa shape index (κ2) is 10.6. The Hall–Kier alpha value is -3.26. The average Bonchev–Trinajstić information content (AvgIpc) is 3.31. The van der Waals surface area contributed by atoms with Crippen molar-refractivity contribution in [2.75, 3.05) is 76.0 Å². The van der Waals surface area contributed by atoms with Crippen LogP contribution in [-0.4, -0.2) is 104 Å². The zero-order chi connectivity index (χ0) is 26.0. The first kappa shape index (κ1) is 25.4. The molecule has 2 fully saturated rings. The van der Waals surface area contributed by atoms with E-state index in [1.807, 2.05) is 41.1 Å². The predicted octanol–water partition coefficient (Wildman–Crippen LogP) is 1.06. The number of imidazole rings is 1. The predicted molar refractivity (Wildman–Crippen MR) is 141 cm³/mol. The van der Waals surface area contributed by atoms with E-state index in [2.05, 4.69) is 20.4 Å². The molecule has 0 radical (unpaired) electrons. The topological polar surface area (TPSA) is 124 Å². The van der Waals surface area contributed by atoms with Crippen molar-refractivity contribution < 1.29 is 17.9 Å². The highest BCUT2D eigenvalue weighted by Gasteiger charge is 2.25. The summed E-state index contributed by atoms with van der Waals surface area (Å²) >= 11 is 0. The molecule has 0 unspecified atom stereocenters. The summed E-state index contributed by atoms with van der Waals surface area (Å²) in [6.07, 6.45) is 5.25. The maximum Gasteiger partial charge on any atom is 0.318 e. The highest BCUT2D eigenvalue weighted by atomic mass is 32.2. The van der Waals surface area contributed by atoms with Crippen molar-refractivity contribution in [3.8, 4) is 11.3 Å². The highest BCUT2D eigenvalue weighted by molar-refractivity contribution is 7.88. The molecule has 198 valence electrons. The number of benzene rings is 1. The van der Waals surface area contributed by atoms with Gasteiger partial charge < -0.3 is 24.7 Å². The number of sulfonamides is 1. The van der Waals surface area contributed by atoms with Gasteiger partial charge in [-0.25, -0.2) is 23.2 Å². The van der Waals surface area contributed by atoms with E-state index in [0.717, 1.165) is 41.5 Å². The fourth-order valence-electron chi connectivity index (χ4n) is 4.60. The van der Waals surface area contributed by atoms with Crippen molar-refractivity contribution >= 4 is 33.2 Å². The SMILES string of the molecule is CNC(=O)Nc1ccc(-c2cn3cc(CN4CCN(S(C)(=O)=O)CC4)nc3c(N3CCOCC3)n2)cc1. The number of hydrogen-bond donors (Lipinski definition) is 2. The molecule has 12 nitrogen and oxygen atoms in total. The molecule has 3 aromatic rings. The molecule has 37 heavy (non-hydrogen) atoms. The van der Waals surface area contributed by atoms with Crippen LogP contribution in [0.5, 0.6) is 0 Å². The average molecular weight is 529 g/mol. The van der Waals surface area contributed by atoms with Crippen molar-refractivity contribution in [1.82, 2.24) is 28.9 Å². The third-order valence-electron chi connectivity index (χ3n) is 6.63. The van der Waals surface area contributed by atoms with Gasteiger partial charge in [-0.3, -0.25) is 4.90 Å². The van der Waals surface area contributed by atoms with Crippen molar-refractivity contribution in [3.63, 3.8) is 0 Å². The summed E-state index contributed by atoms with van der Waals surface area (Å²) < 4.78 is 32.8. The first-order valence-electron chi connectivity index (χ1n) is 12.3. The summed E-state index contributed by atoms with van der Waals surface area (Å²) in [6, 6.07) is 7.29. The number of nitrogens with zero attached hydrogens (tertiary/aromatic N) is 6. The number of morpholine rings is 1. The van der Waals surface area contributed by atoms with Gasteiger partial charge in [-0.15, -0.1) is 0 Å². The Balaban J connectivity index is 1.42. The van der Waals surface area contributed by atoms with Gasteiger partial charge in [0.15, 0.2) is 11.5 Å². The lowest BCUT2D eigenvalue weighted by Gasteiger charge is -2.32. The summed E-state index contributed by atoms with van der Waals surface area (Å²) in [6.45, 7) is 5.68. The third kappa shape index (κ3) is 5.85. The Bertz CT molecular complexity index is 1360. The van der Waals surface area contributed by atoms with Crippen molar-refractivity contribution in [1.29, 1.82) is 0 Å². The monoisotopic (exact) mass is 528 g/mol. The number of piperazine rings is 1. The maximum atomic E-state index is 11.8. The Morgan fingerprint density at radius 1 is 1.00 bits per heavy atom. The molecular weight excluding hydrogens is 496 g/mol. The number of urea groups is 1. The quantitative estimate of drug-likeness (QED) is 0.487. The summed E-state index contributed by atoms with van der Waals surface area (Å²) in [5.74, 6) is 0.807. The molecule has 0 saturated carbocycles. The fraction of sp³-hybridized carbons (Fsp3) is 0.458. The molecular formula is C24H32N8O4S. The number of aromatic nitrogens is 3. The third-order valence-corrected chi connectivity index (χ3v) is 7.94. The van der Waals surface area contributed by atoms with Crippen molar-refractivity contribution in [3.05, 3.63) is 42.4 Å². The van der Waals surface area contributed by atoms with Gasteiger partial charge >= 0.3 is 6.03 Å². The lowest BCUT2D eigenvalue weighted by molar-refractivity contribution is 0.122. The largest absolute Gasteiger partial charge is 0.378 e. The van der Waals surface area contributed by atoms with Crippen LogP contribution in [0.2, 0.25) is 0 Å². The summed E-state index contributed by atoms with van der Waals surface area (Å²) in [4.78, 5) is 26.0. The van der Waals surface area contributed by atoms with Gasteiger partial charge in [-0.1, -0.05) is 12.1 Å². The Labute approximate surface area is 216 Å². The van der Waals surface area contributed by atoms with E-state index in [0.29, 0.717) is 51.6 Å². The van der Waals surface area contributed by atoms with Crippen LogP contribution < -0.4 is 15.5 Å².